The number of rotatable bonds is 8. The van der Waals surface area contributed by atoms with Crippen LogP contribution in [0.5, 0.6) is 11.6 Å². The molecule has 2 aliphatic rings. The second-order valence-electron chi connectivity index (χ2n) is 12.2. The van der Waals surface area contributed by atoms with Gasteiger partial charge in [0.2, 0.25) is 5.88 Å². The molecule has 262 valence electrons. The molecule has 0 atom stereocenters. The minimum atomic E-state index is -4.57. The molecule has 10 nitrogen and oxygen atoms in total. The number of carbonyl (C=O) groups is 2. The second kappa shape index (κ2) is 15.3. The van der Waals surface area contributed by atoms with Gasteiger partial charge in [-0.1, -0.05) is 36.7 Å². The SMILES string of the molecule is CCN1CCN(c2ccc(C(=O)N3CCC(c4ccc(Oc5ccc(C(F)(F)F)nn5)cc4)CC3)cc2NC(=O)Nc2cccc(Cl)c2)CC1. The van der Waals surface area contributed by atoms with Crippen LogP contribution in [0.2, 0.25) is 5.02 Å². The van der Waals surface area contributed by atoms with Crippen molar-refractivity contribution in [2.75, 3.05) is 61.3 Å². The van der Waals surface area contributed by atoms with E-state index in [0.717, 1.165) is 68.9 Å². The van der Waals surface area contributed by atoms with Crippen LogP contribution in [0.25, 0.3) is 0 Å². The number of benzene rings is 3. The van der Waals surface area contributed by atoms with Gasteiger partial charge in [0.1, 0.15) is 5.75 Å². The number of hydrogen-bond donors (Lipinski definition) is 2. The van der Waals surface area contributed by atoms with E-state index in [2.05, 4.69) is 37.6 Å². The quantitative estimate of drug-likeness (QED) is 0.193. The molecule has 14 heteroatoms. The Labute approximate surface area is 293 Å². The highest BCUT2D eigenvalue weighted by molar-refractivity contribution is 6.30. The van der Waals surface area contributed by atoms with Gasteiger partial charge in [0.25, 0.3) is 5.91 Å². The lowest BCUT2D eigenvalue weighted by molar-refractivity contribution is -0.141. The molecule has 2 N–H and O–H groups in total. The predicted octanol–water partition coefficient (Wildman–Crippen LogP) is 7.75. The highest BCUT2D eigenvalue weighted by Crippen LogP contribution is 2.33. The van der Waals surface area contributed by atoms with Crippen LogP contribution in [-0.4, -0.2) is 77.7 Å². The Morgan fingerprint density at radius 2 is 1.62 bits per heavy atom. The summed E-state index contributed by atoms with van der Waals surface area (Å²) in [6, 6.07) is 21.2. The van der Waals surface area contributed by atoms with Crippen LogP contribution in [0.15, 0.2) is 78.9 Å². The summed E-state index contributed by atoms with van der Waals surface area (Å²) >= 11 is 6.10. The number of alkyl halides is 3. The molecule has 50 heavy (non-hydrogen) atoms. The van der Waals surface area contributed by atoms with Crippen molar-refractivity contribution in [3.05, 3.63) is 101 Å². The van der Waals surface area contributed by atoms with Crippen molar-refractivity contribution in [2.45, 2.75) is 31.9 Å². The number of amides is 3. The number of nitrogens with one attached hydrogen (secondary N) is 2. The summed E-state index contributed by atoms with van der Waals surface area (Å²) in [5, 5.41) is 13.0. The number of piperazine rings is 1. The van der Waals surface area contributed by atoms with Gasteiger partial charge in [0, 0.05) is 61.6 Å². The molecule has 0 spiro atoms. The molecule has 3 heterocycles. The van der Waals surface area contributed by atoms with E-state index in [-0.39, 0.29) is 17.7 Å². The fourth-order valence-corrected chi connectivity index (χ4v) is 6.44. The van der Waals surface area contributed by atoms with Crippen molar-refractivity contribution in [3.63, 3.8) is 0 Å². The molecule has 6 rings (SSSR count). The van der Waals surface area contributed by atoms with Crippen LogP contribution in [0, 0.1) is 0 Å². The molecular formula is C36H37ClF3N7O3. The molecule has 3 aromatic carbocycles. The third-order valence-corrected chi connectivity index (χ3v) is 9.26. The second-order valence-corrected chi connectivity index (χ2v) is 12.7. The van der Waals surface area contributed by atoms with Crippen LogP contribution in [0.4, 0.5) is 35.0 Å². The van der Waals surface area contributed by atoms with Gasteiger partial charge in [-0.15, -0.1) is 10.2 Å². The molecule has 0 saturated carbocycles. The molecule has 0 radical (unpaired) electrons. The van der Waals surface area contributed by atoms with E-state index in [0.29, 0.717) is 40.8 Å². The number of piperidine rings is 1. The van der Waals surface area contributed by atoms with Crippen molar-refractivity contribution in [3.8, 4) is 11.6 Å². The van der Waals surface area contributed by atoms with Crippen LogP contribution >= 0.6 is 11.6 Å². The molecule has 4 aromatic rings. The number of halogens is 4. The maximum Gasteiger partial charge on any atom is 0.435 e. The summed E-state index contributed by atoms with van der Waals surface area (Å²) < 4.78 is 43.9. The van der Waals surface area contributed by atoms with Crippen molar-refractivity contribution in [1.29, 1.82) is 0 Å². The van der Waals surface area contributed by atoms with Crippen molar-refractivity contribution in [1.82, 2.24) is 20.0 Å². The first kappa shape index (κ1) is 35.0. The summed E-state index contributed by atoms with van der Waals surface area (Å²) in [4.78, 5) is 33.3. The average Bonchev–Trinajstić information content (AvgIpc) is 3.11. The normalized spacial score (nSPS) is 15.9. The average molecular weight is 708 g/mol. The fourth-order valence-electron chi connectivity index (χ4n) is 6.25. The highest BCUT2D eigenvalue weighted by Gasteiger charge is 2.33. The van der Waals surface area contributed by atoms with Gasteiger partial charge in [-0.25, -0.2) is 4.79 Å². The van der Waals surface area contributed by atoms with E-state index in [9.17, 15) is 22.8 Å². The van der Waals surface area contributed by atoms with Gasteiger partial charge in [-0.05, 0) is 85.5 Å². The van der Waals surface area contributed by atoms with Crippen LogP contribution in [0.3, 0.4) is 0 Å². The van der Waals surface area contributed by atoms with E-state index in [4.69, 9.17) is 16.3 Å². The Bertz CT molecular complexity index is 1790. The Hall–Kier alpha value is -4.88. The Kier molecular flexibility index (Phi) is 10.7. The first-order valence-electron chi connectivity index (χ1n) is 16.5. The summed E-state index contributed by atoms with van der Waals surface area (Å²) in [6.45, 7) is 7.65. The molecule has 0 aliphatic carbocycles. The van der Waals surface area contributed by atoms with E-state index in [1.165, 1.54) is 0 Å². The molecule has 3 amide bonds. The van der Waals surface area contributed by atoms with E-state index in [1.54, 1.807) is 42.5 Å². The van der Waals surface area contributed by atoms with Crippen LogP contribution in [-0.2, 0) is 6.18 Å². The number of hydrogen-bond acceptors (Lipinski definition) is 7. The van der Waals surface area contributed by atoms with Crippen molar-refractivity contribution in [2.24, 2.45) is 0 Å². The van der Waals surface area contributed by atoms with Crippen LogP contribution in [0.1, 0.15) is 47.3 Å². The topological polar surface area (TPSA) is 103 Å². The minimum absolute atomic E-state index is 0.0373. The maximum atomic E-state index is 13.7. The number of nitrogens with zero attached hydrogens (tertiary/aromatic N) is 5. The zero-order chi connectivity index (χ0) is 35.3. The van der Waals surface area contributed by atoms with E-state index >= 15 is 0 Å². The molecular weight excluding hydrogens is 671 g/mol. The van der Waals surface area contributed by atoms with Gasteiger partial charge < -0.3 is 30.1 Å². The van der Waals surface area contributed by atoms with E-state index in [1.807, 2.05) is 29.2 Å². The zero-order valence-corrected chi connectivity index (χ0v) is 28.2. The van der Waals surface area contributed by atoms with Gasteiger partial charge in [-0.3, -0.25) is 4.79 Å². The minimum Gasteiger partial charge on any atom is -0.438 e. The Balaban J connectivity index is 1.09. The number of aromatic nitrogens is 2. The molecule has 2 aliphatic heterocycles. The molecule has 0 unspecified atom stereocenters. The van der Waals surface area contributed by atoms with E-state index < -0.39 is 17.9 Å². The number of anilines is 3. The zero-order valence-electron chi connectivity index (χ0n) is 27.4. The third kappa shape index (κ3) is 8.64. The first-order valence-corrected chi connectivity index (χ1v) is 16.9. The lowest BCUT2D eigenvalue weighted by Crippen LogP contribution is -2.46. The number of carbonyl (C=O) groups excluding carboxylic acids is 2. The standard InChI is InChI=1S/C36H37ClF3N7O3/c1-2-45-18-20-46(21-19-45)31-11-8-26(22-30(31)42-35(49)41-28-5-3-4-27(37)23-28)34(48)47-16-14-25(15-17-47)24-6-9-29(10-7-24)50-33-13-12-32(43-44-33)36(38,39)40/h3-13,22-23,25H,2,14-21H2,1H3,(H2,41,42,49). The van der Waals surface area contributed by atoms with Crippen molar-refractivity contribution >= 4 is 40.6 Å². The van der Waals surface area contributed by atoms with Crippen molar-refractivity contribution < 1.29 is 27.5 Å². The first-order chi connectivity index (χ1) is 24.1. The largest absolute Gasteiger partial charge is 0.438 e. The summed E-state index contributed by atoms with van der Waals surface area (Å²) in [7, 11) is 0. The van der Waals surface area contributed by atoms with Gasteiger partial charge in [0.15, 0.2) is 5.69 Å². The number of ether oxygens (including phenoxy) is 1. The highest BCUT2D eigenvalue weighted by atomic mass is 35.5. The predicted molar refractivity (Wildman–Crippen MR) is 186 cm³/mol. The maximum absolute atomic E-state index is 13.7. The summed E-state index contributed by atoms with van der Waals surface area (Å²) in [5.41, 5.74) is 2.45. The monoisotopic (exact) mass is 707 g/mol. The van der Waals surface area contributed by atoms with Gasteiger partial charge in [0.05, 0.1) is 11.4 Å². The van der Waals surface area contributed by atoms with Crippen LogP contribution < -0.4 is 20.3 Å². The number of likely N-dealkylation sites (N-methyl/N-ethyl adjacent to an activating group) is 1. The lowest BCUT2D eigenvalue weighted by atomic mass is 9.89. The molecule has 2 saturated heterocycles. The van der Waals surface area contributed by atoms with Gasteiger partial charge in [-0.2, -0.15) is 13.2 Å². The molecule has 2 fully saturated rings. The summed E-state index contributed by atoms with van der Waals surface area (Å²) in [6.07, 6.45) is -3.06. The Morgan fingerprint density at radius 3 is 2.26 bits per heavy atom. The van der Waals surface area contributed by atoms with Gasteiger partial charge >= 0.3 is 12.2 Å². The summed E-state index contributed by atoms with van der Waals surface area (Å²) in [5.74, 6) is 0.502. The number of likely N-dealkylation sites (tertiary alicyclic amines) is 1. The fraction of sp³-hybridized carbons (Fsp3) is 0.333. The number of urea groups is 1. The smallest absolute Gasteiger partial charge is 0.435 e. The molecule has 0 bridgehead atoms. The molecule has 1 aromatic heterocycles. The Morgan fingerprint density at radius 1 is 0.880 bits per heavy atom. The lowest BCUT2D eigenvalue weighted by Gasteiger charge is -2.36. The third-order valence-electron chi connectivity index (χ3n) is 9.02.